The summed E-state index contributed by atoms with van der Waals surface area (Å²) >= 11 is 0. The Kier molecular flexibility index (Phi) is 6.35. The third kappa shape index (κ3) is 4.70. The lowest BCUT2D eigenvalue weighted by Crippen LogP contribution is -2.48. The van der Waals surface area contributed by atoms with Crippen LogP contribution in [0.5, 0.6) is 0 Å². The summed E-state index contributed by atoms with van der Waals surface area (Å²) in [5, 5.41) is 2.35. The highest BCUT2D eigenvalue weighted by atomic mass is 15.0. The molecule has 0 spiro atoms. The summed E-state index contributed by atoms with van der Waals surface area (Å²) in [5.41, 5.74) is 7.46. The topological polar surface area (TPSA) is 43.0 Å². The number of fused-ring (bicyclic) bond motifs is 1. The molecule has 0 amide bonds. The minimum Gasteiger partial charge on any atom is -0.238 e. The van der Waals surface area contributed by atoms with Crippen molar-refractivity contribution in [3.05, 3.63) is 132 Å². The Balaban J connectivity index is 1.16. The van der Waals surface area contributed by atoms with Gasteiger partial charge in [-0.15, -0.1) is 0 Å². The molecule has 0 aliphatic heterocycles. The van der Waals surface area contributed by atoms with Crippen molar-refractivity contribution in [1.82, 2.24) is 15.0 Å². The maximum Gasteiger partial charge on any atom is 0.187 e. The second-order valence-electron chi connectivity index (χ2n) is 13.8. The molecule has 4 aliphatic rings. The Morgan fingerprint density at radius 1 is 0.522 bits per heavy atom. The van der Waals surface area contributed by atoms with E-state index >= 15 is 0 Å². The lowest BCUT2D eigenvalue weighted by molar-refractivity contribution is -0.00518. The van der Waals surface area contributed by atoms with Crippen LogP contribution in [0.3, 0.4) is 0 Å². The summed E-state index contributed by atoms with van der Waals surface area (Å²) < 4.78 is 0. The molecule has 4 nitrogen and oxygen atoms in total. The molecule has 4 saturated carbocycles. The van der Waals surface area contributed by atoms with E-state index in [9.17, 15) is 0 Å². The normalized spacial score (nSPS) is 23.0. The Morgan fingerprint density at radius 3 is 1.74 bits per heavy atom. The molecular weight excluding hydrogens is 560 g/mol. The number of hydrogen-bond acceptors (Lipinski definition) is 3. The third-order valence-corrected chi connectivity index (χ3v) is 10.9. The van der Waals surface area contributed by atoms with Crippen molar-refractivity contribution in [2.45, 2.75) is 43.9 Å². The molecule has 46 heavy (non-hydrogen) atoms. The first-order chi connectivity index (χ1) is 22.6. The van der Waals surface area contributed by atoms with Gasteiger partial charge in [-0.2, -0.15) is 0 Å². The van der Waals surface area contributed by atoms with Crippen molar-refractivity contribution in [2.24, 2.45) is 17.8 Å². The molecule has 0 unspecified atom stereocenters. The van der Waals surface area contributed by atoms with Crippen LogP contribution in [-0.2, 0) is 5.41 Å². The van der Waals surface area contributed by atoms with Crippen molar-refractivity contribution in [2.75, 3.05) is 0 Å². The average Bonchev–Trinajstić information content (AvgIpc) is 3.11. The molecule has 4 fully saturated rings. The van der Waals surface area contributed by atoms with Gasteiger partial charge >= 0.3 is 0 Å². The summed E-state index contributed by atoms with van der Waals surface area (Å²) in [6.07, 6.45) is 8.42. The molecule has 222 valence electrons. The second-order valence-corrected chi connectivity index (χ2v) is 13.8. The zero-order chi connectivity index (χ0) is 30.7. The molecule has 6 aromatic rings. The van der Waals surface area contributed by atoms with Crippen molar-refractivity contribution < 1.29 is 0 Å². The zero-order valence-corrected chi connectivity index (χ0v) is 25.7. The number of rotatable bonds is 5. The van der Waals surface area contributed by atoms with Gasteiger partial charge in [-0.1, -0.05) is 109 Å². The van der Waals surface area contributed by atoms with E-state index in [1.807, 2.05) is 36.4 Å². The number of nitrogens with zero attached hydrogens (tertiary/aromatic N) is 4. The smallest absolute Gasteiger partial charge is 0.187 e. The monoisotopic (exact) mass is 594 g/mol. The van der Waals surface area contributed by atoms with E-state index in [4.69, 9.17) is 21.5 Å². The van der Waals surface area contributed by atoms with Gasteiger partial charge in [0.2, 0.25) is 0 Å². The summed E-state index contributed by atoms with van der Waals surface area (Å²) in [6, 6.07) is 40.0. The summed E-state index contributed by atoms with van der Waals surface area (Å²) in [5.74, 6) is 4.73. The average molecular weight is 595 g/mol. The van der Waals surface area contributed by atoms with Gasteiger partial charge in [0.05, 0.1) is 6.57 Å². The van der Waals surface area contributed by atoms with E-state index in [0.29, 0.717) is 28.6 Å². The van der Waals surface area contributed by atoms with Crippen molar-refractivity contribution in [3.8, 4) is 45.3 Å². The van der Waals surface area contributed by atoms with Gasteiger partial charge in [-0.25, -0.2) is 19.8 Å². The Morgan fingerprint density at radius 2 is 1.07 bits per heavy atom. The lowest BCUT2D eigenvalue weighted by atomic mass is 9.48. The van der Waals surface area contributed by atoms with Crippen molar-refractivity contribution in [3.63, 3.8) is 0 Å². The largest absolute Gasteiger partial charge is 0.238 e. The predicted octanol–water partition coefficient (Wildman–Crippen LogP) is 10.7. The van der Waals surface area contributed by atoms with Gasteiger partial charge in [0.25, 0.3) is 0 Å². The molecule has 4 bridgehead atoms. The maximum atomic E-state index is 7.37. The molecule has 0 atom stereocenters. The van der Waals surface area contributed by atoms with Crippen LogP contribution in [0.2, 0.25) is 0 Å². The fourth-order valence-electron chi connectivity index (χ4n) is 9.17. The molecule has 4 aliphatic carbocycles. The maximum absolute atomic E-state index is 7.37. The van der Waals surface area contributed by atoms with Crippen LogP contribution in [0.1, 0.15) is 44.1 Å². The Hall–Kier alpha value is -5.14. The molecular formula is C42H34N4. The van der Waals surface area contributed by atoms with Crippen LogP contribution in [0.4, 0.5) is 5.69 Å². The highest BCUT2D eigenvalue weighted by Gasteiger charge is 2.51. The van der Waals surface area contributed by atoms with Crippen LogP contribution < -0.4 is 0 Å². The first-order valence-corrected chi connectivity index (χ1v) is 16.6. The first kappa shape index (κ1) is 27.2. The lowest BCUT2D eigenvalue weighted by Gasteiger charge is -2.57. The quantitative estimate of drug-likeness (QED) is 0.187. The van der Waals surface area contributed by atoms with Gasteiger partial charge in [-0.3, -0.25) is 0 Å². The molecule has 5 aromatic carbocycles. The fraction of sp³-hybridized carbons (Fsp3) is 0.238. The number of hydrogen-bond donors (Lipinski definition) is 0. The summed E-state index contributed by atoms with van der Waals surface area (Å²) in [4.78, 5) is 18.9. The van der Waals surface area contributed by atoms with Gasteiger partial charge in [0, 0.05) is 16.7 Å². The van der Waals surface area contributed by atoms with Crippen LogP contribution >= 0.6 is 0 Å². The van der Waals surface area contributed by atoms with E-state index in [1.54, 1.807) is 0 Å². The molecule has 0 radical (unpaired) electrons. The van der Waals surface area contributed by atoms with Crippen LogP contribution in [0.25, 0.3) is 60.9 Å². The van der Waals surface area contributed by atoms with Gasteiger partial charge in [0.1, 0.15) is 0 Å². The second kappa shape index (κ2) is 10.7. The number of benzene rings is 5. The SMILES string of the molecule is [C-]#[N+]c1ccc(-c2ccccc2-c2nc(-c3ccc(C45CC6CC(CC(C6)C4)C5)cc3)nc(-c3ccc4ccccc4c3)n2)cc1. The van der Waals surface area contributed by atoms with Crippen LogP contribution in [0.15, 0.2) is 115 Å². The summed E-state index contributed by atoms with van der Waals surface area (Å²) in [7, 11) is 0. The predicted molar refractivity (Wildman–Crippen MR) is 185 cm³/mol. The van der Waals surface area contributed by atoms with Gasteiger partial charge < -0.3 is 0 Å². The third-order valence-electron chi connectivity index (χ3n) is 10.9. The van der Waals surface area contributed by atoms with Crippen molar-refractivity contribution in [1.29, 1.82) is 0 Å². The Labute approximate surface area is 270 Å². The van der Waals surface area contributed by atoms with Gasteiger partial charge in [-0.05, 0) is 95.2 Å². The Bertz CT molecular complexity index is 2100. The van der Waals surface area contributed by atoms with Crippen LogP contribution in [0, 0.1) is 24.3 Å². The standard InChI is InChI=1S/C42H34N4/c1-43-36-18-14-31(15-19-36)37-8-4-5-9-38(37)41-45-39(44-40(46-41)34-11-10-30-6-2-3-7-33(30)23-34)32-12-16-35(17-13-32)42-24-27-20-28(25-42)22-29(21-27)26-42/h2-19,23,27-29H,20-22,24-26H2. The van der Waals surface area contributed by atoms with E-state index in [2.05, 4.69) is 83.7 Å². The molecule has 0 saturated heterocycles. The van der Waals surface area contributed by atoms with E-state index in [1.165, 1.54) is 49.5 Å². The zero-order valence-electron chi connectivity index (χ0n) is 25.7. The van der Waals surface area contributed by atoms with E-state index in [0.717, 1.165) is 51.0 Å². The molecule has 10 rings (SSSR count). The van der Waals surface area contributed by atoms with E-state index < -0.39 is 0 Å². The number of aromatic nitrogens is 3. The highest BCUT2D eigenvalue weighted by Crippen LogP contribution is 2.60. The summed E-state index contributed by atoms with van der Waals surface area (Å²) in [6.45, 7) is 7.37. The molecule has 1 aromatic heterocycles. The van der Waals surface area contributed by atoms with E-state index in [-0.39, 0.29) is 0 Å². The fourth-order valence-corrected chi connectivity index (χ4v) is 9.17. The molecule has 4 heteroatoms. The highest BCUT2D eigenvalue weighted by molar-refractivity contribution is 5.87. The van der Waals surface area contributed by atoms with Crippen molar-refractivity contribution >= 4 is 16.5 Å². The minimum absolute atomic E-state index is 0.357. The van der Waals surface area contributed by atoms with Gasteiger partial charge in [0.15, 0.2) is 23.2 Å². The minimum atomic E-state index is 0.357. The first-order valence-electron chi connectivity index (χ1n) is 16.6. The van der Waals surface area contributed by atoms with Crippen LogP contribution in [-0.4, -0.2) is 15.0 Å². The molecule has 0 N–H and O–H groups in total. The molecule has 1 heterocycles.